The van der Waals surface area contributed by atoms with Gasteiger partial charge in [0.2, 0.25) is 0 Å². The van der Waals surface area contributed by atoms with Gasteiger partial charge in [-0.2, -0.15) is 0 Å². The average Bonchev–Trinajstić information content (AvgIpc) is 1.40. The Morgan fingerprint density at radius 1 is 0.240 bits per heavy atom. The second-order valence-electron chi connectivity index (χ2n) is 26.6. The van der Waals surface area contributed by atoms with Gasteiger partial charge in [0, 0.05) is 64.3 Å². The van der Waals surface area contributed by atoms with E-state index in [4.69, 9.17) is 0 Å². The highest BCUT2D eigenvalue weighted by molar-refractivity contribution is 7.27. The topological polar surface area (TPSA) is 6.48 Å². The molecule has 4 heteroatoms. The summed E-state index contributed by atoms with van der Waals surface area (Å²) >= 11 is 3.81. The Morgan fingerprint density at radius 3 is 1.39 bits per heavy atom. The Labute approximate surface area is 587 Å². The quantitative estimate of drug-likeness (QED) is 0.119. The van der Waals surface area contributed by atoms with Crippen molar-refractivity contribution in [2.24, 2.45) is 0 Å². The van der Waals surface area contributed by atoms with E-state index < -0.39 is 0 Å². The molecule has 0 radical (unpaired) electrons. The predicted octanol–water partition coefficient (Wildman–Crippen LogP) is 27.9. The van der Waals surface area contributed by atoms with Crippen molar-refractivity contribution in [1.29, 1.82) is 0 Å². The third-order valence-electron chi connectivity index (χ3n) is 21.0. The first-order valence-electron chi connectivity index (χ1n) is 34.5. The molecule has 2 unspecified atom stereocenters. The number of hydrogen-bond donors (Lipinski definition) is 0. The van der Waals surface area contributed by atoms with Gasteiger partial charge in [-0.25, -0.2) is 0 Å². The van der Waals surface area contributed by atoms with Crippen LogP contribution < -0.4 is 9.80 Å². The Kier molecular flexibility index (Phi) is 13.8. The molecule has 2 atom stereocenters. The van der Waals surface area contributed by atoms with Crippen LogP contribution in [0.4, 0.5) is 28.4 Å². The van der Waals surface area contributed by atoms with Crippen LogP contribution in [-0.2, 0) is 0 Å². The molecule has 1 aliphatic rings. The van der Waals surface area contributed by atoms with Gasteiger partial charge in [0.15, 0.2) is 0 Å². The van der Waals surface area contributed by atoms with E-state index in [9.17, 15) is 0 Å². The molecule has 20 rings (SSSR count). The molecule has 17 aromatic carbocycles. The maximum Gasteiger partial charge on any atom is 0.0629 e. The maximum atomic E-state index is 2.63. The first-order chi connectivity index (χ1) is 49.6. The predicted molar refractivity (Wildman–Crippen MR) is 434 cm³/mol. The lowest BCUT2D eigenvalue weighted by molar-refractivity contribution is 0.696. The second kappa shape index (κ2) is 23.8. The number of benzene rings is 17. The van der Waals surface area contributed by atoms with E-state index in [0.29, 0.717) is 0 Å². The summed E-state index contributed by atoms with van der Waals surface area (Å²) in [6.45, 7) is 0. The minimum absolute atomic E-state index is 0.0335. The van der Waals surface area contributed by atoms with Crippen LogP contribution in [0.1, 0.15) is 11.5 Å². The summed E-state index contributed by atoms with van der Waals surface area (Å²) < 4.78 is 5.23. The minimum Gasteiger partial charge on any atom is -0.332 e. The van der Waals surface area contributed by atoms with Crippen molar-refractivity contribution in [3.8, 4) is 44.5 Å². The fourth-order valence-electron chi connectivity index (χ4n) is 16.2. The Bertz CT molecular complexity index is 6550. The van der Waals surface area contributed by atoms with Crippen LogP contribution in [0.15, 0.2) is 364 Å². The highest BCUT2D eigenvalue weighted by atomic mass is 32.1. The molecule has 0 fully saturated rings. The highest BCUT2D eigenvalue weighted by Crippen LogP contribution is 2.50. The summed E-state index contributed by atoms with van der Waals surface area (Å²) in [5.74, 6) is 0.0525. The Hall–Kier alpha value is -12.2. The van der Waals surface area contributed by atoms with E-state index >= 15 is 0 Å². The largest absolute Gasteiger partial charge is 0.332 e. The average molecular weight is 1310 g/mol. The van der Waals surface area contributed by atoms with Gasteiger partial charge >= 0.3 is 0 Å². The third-order valence-corrected chi connectivity index (χ3v) is 23.5. The second-order valence-corrected chi connectivity index (χ2v) is 28.7. The zero-order chi connectivity index (χ0) is 65.8. The molecule has 0 bridgehead atoms. The summed E-state index contributed by atoms with van der Waals surface area (Å²) in [5, 5.41) is 20.4. The number of rotatable bonds is 11. The smallest absolute Gasteiger partial charge is 0.0629 e. The number of hydrogen-bond acceptors (Lipinski definition) is 4. The summed E-state index contributed by atoms with van der Waals surface area (Å²) in [7, 11) is 0. The third kappa shape index (κ3) is 9.74. The van der Waals surface area contributed by atoms with Gasteiger partial charge in [-0.05, 0) is 194 Å². The van der Waals surface area contributed by atoms with Crippen molar-refractivity contribution < 1.29 is 0 Å². The lowest BCUT2D eigenvalue weighted by atomic mass is 9.82. The molecule has 0 aliphatic heterocycles. The highest BCUT2D eigenvalue weighted by Gasteiger charge is 2.32. The SMILES string of the molecule is C1=CC(c2cc3ccccc3c3ccccc23)C(N(c2ccc(-c3cccc(-c4ccc(-c5ccc(N(c6cccc(-c7cc8ccccc8c8ccccc78)c6)c6ccc7sc8c9ccccc9ccc8c7c6)cc5)cc4)c3)cc2)c2cccc3c2sc2c4ccccc4ccc32)C=C1. The minimum atomic E-state index is -0.0335. The van der Waals surface area contributed by atoms with E-state index in [1.165, 1.54) is 155 Å². The molecule has 19 aromatic rings. The fraction of sp³-hybridized carbons (Fsp3) is 0.0208. The monoisotopic (exact) mass is 1310 g/mol. The van der Waals surface area contributed by atoms with Crippen LogP contribution in [0.3, 0.4) is 0 Å². The summed E-state index contributed by atoms with van der Waals surface area (Å²) in [6.07, 6.45) is 9.34. The van der Waals surface area contributed by atoms with Crippen LogP contribution in [0.25, 0.3) is 149 Å². The molecule has 0 amide bonds. The van der Waals surface area contributed by atoms with Crippen molar-refractivity contribution >= 4 is 156 Å². The zero-order valence-corrected chi connectivity index (χ0v) is 56.1. The summed E-state index contributed by atoms with van der Waals surface area (Å²) in [4.78, 5) is 5.06. The van der Waals surface area contributed by atoms with Gasteiger partial charge in [0.05, 0.1) is 16.4 Å². The van der Waals surface area contributed by atoms with Gasteiger partial charge in [-0.15, -0.1) is 22.7 Å². The van der Waals surface area contributed by atoms with E-state index in [0.717, 1.165) is 28.3 Å². The molecule has 0 N–H and O–H groups in total. The Balaban J connectivity index is 0.634. The number of anilines is 5. The van der Waals surface area contributed by atoms with Crippen molar-refractivity contribution in [1.82, 2.24) is 0 Å². The van der Waals surface area contributed by atoms with Gasteiger partial charge in [-0.1, -0.05) is 285 Å². The molecule has 0 spiro atoms. The van der Waals surface area contributed by atoms with E-state index in [1.54, 1.807) is 0 Å². The van der Waals surface area contributed by atoms with Gasteiger partial charge in [0.25, 0.3) is 0 Å². The molecular weight excluding hydrogens is 1250 g/mol. The van der Waals surface area contributed by atoms with Crippen molar-refractivity contribution in [2.45, 2.75) is 12.0 Å². The molecule has 0 saturated carbocycles. The standard InChI is InChI=1S/C96H62N2S2/c1-7-28-78-65(18-1)47-54-87-90-60-75(52-55-93(90)99-94(78)87)97(74-25-16-24-69(57-74)88-58-70-20-3-5-26-76(70)80-30-9-11-32-82(80)88)72-48-42-62(43-49-72)61-38-40-63(41-39-61)67-22-15-23-68(56-67)64-44-50-73(51-45-64)98(92-37-17-35-85-86-53-46-66-19-2-8-29-79(66)95(86)100-96(85)92)91-36-14-13-34-84(91)89-59-71-21-4-6-27-77(71)81-31-10-12-33-83(81)89/h1-60,84,91H. The van der Waals surface area contributed by atoms with Crippen LogP contribution in [-0.4, -0.2) is 6.04 Å². The fourth-order valence-corrected chi connectivity index (χ4v) is 18.8. The summed E-state index contributed by atoms with van der Waals surface area (Å²) in [5.41, 5.74) is 16.4. The number of thiophene rings is 2. The molecule has 1 aliphatic carbocycles. The lowest BCUT2D eigenvalue weighted by Gasteiger charge is -2.38. The zero-order valence-electron chi connectivity index (χ0n) is 54.5. The molecule has 2 aromatic heterocycles. The van der Waals surface area contributed by atoms with Crippen LogP contribution in [0.2, 0.25) is 0 Å². The van der Waals surface area contributed by atoms with Crippen molar-refractivity contribution in [2.75, 3.05) is 9.80 Å². The van der Waals surface area contributed by atoms with Gasteiger partial charge in [0.1, 0.15) is 0 Å². The molecule has 2 nitrogen and oxygen atoms in total. The molecular formula is C96H62N2S2. The molecule has 0 saturated heterocycles. The van der Waals surface area contributed by atoms with Crippen LogP contribution >= 0.6 is 22.7 Å². The normalized spacial score (nSPS) is 13.9. The maximum absolute atomic E-state index is 2.63. The summed E-state index contributed by atoms with van der Waals surface area (Å²) in [6, 6.07) is 127. The molecule has 100 heavy (non-hydrogen) atoms. The van der Waals surface area contributed by atoms with Crippen LogP contribution in [0.5, 0.6) is 0 Å². The Morgan fingerprint density at radius 2 is 0.710 bits per heavy atom. The van der Waals surface area contributed by atoms with Gasteiger partial charge < -0.3 is 9.80 Å². The van der Waals surface area contributed by atoms with Crippen molar-refractivity contribution in [3.63, 3.8) is 0 Å². The first-order valence-corrected chi connectivity index (χ1v) is 36.1. The number of allylic oxidation sites excluding steroid dienone is 2. The van der Waals surface area contributed by atoms with E-state index in [-0.39, 0.29) is 12.0 Å². The number of nitrogens with zero attached hydrogens (tertiary/aromatic N) is 2. The van der Waals surface area contributed by atoms with Crippen LogP contribution in [0, 0.1) is 0 Å². The molecule has 468 valence electrons. The molecule has 2 heterocycles. The van der Waals surface area contributed by atoms with Gasteiger partial charge in [-0.3, -0.25) is 0 Å². The number of fused-ring (bicyclic) bond motifs is 16. The van der Waals surface area contributed by atoms with E-state index in [1.807, 2.05) is 22.7 Å². The lowest BCUT2D eigenvalue weighted by Crippen LogP contribution is -2.35. The van der Waals surface area contributed by atoms with E-state index in [2.05, 4.69) is 374 Å². The first kappa shape index (κ1) is 58.0. The van der Waals surface area contributed by atoms with Crippen molar-refractivity contribution in [3.05, 3.63) is 370 Å².